The summed E-state index contributed by atoms with van der Waals surface area (Å²) in [6.07, 6.45) is 2.54. The standard InChI is InChI=1S/C15H17ClN2O4S/c1-11-5-6-12(8-14(11)16)18(23(2,20)21)10-15(19)17-9-13-4-3-7-22-13/h3-8H,9-10H2,1-2H3,(H,17,19). The number of sulfonamides is 1. The summed E-state index contributed by atoms with van der Waals surface area (Å²) in [4.78, 5) is 12.0. The molecule has 2 rings (SSSR count). The number of hydrogen-bond donors (Lipinski definition) is 1. The Morgan fingerprint density at radius 1 is 1.35 bits per heavy atom. The monoisotopic (exact) mass is 356 g/mol. The molecule has 2 aromatic rings. The van der Waals surface area contributed by atoms with E-state index in [0.717, 1.165) is 16.1 Å². The summed E-state index contributed by atoms with van der Waals surface area (Å²) in [5.74, 6) is 0.145. The van der Waals surface area contributed by atoms with Gasteiger partial charge in [-0.2, -0.15) is 0 Å². The number of benzene rings is 1. The van der Waals surface area contributed by atoms with Gasteiger partial charge in [-0.25, -0.2) is 8.42 Å². The van der Waals surface area contributed by atoms with Crippen molar-refractivity contribution in [2.24, 2.45) is 0 Å². The van der Waals surface area contributed by atoms with Crippen molar-refractivity contribution in [2.45, 2.75) is 13.5 Å². The average molecular weight is 357 g/mol. The number of amides is 1. The Kier molecular flexibility index (Phi) is 5.33. The molecule has 0 saturated carbocycles. The summed E-state index contributed by atoms with van der Waals surface area (Å²) >= 11 is 6.04. The Morgan fingerprint density at radius 2 is 2.09 bits per heavy atom. The molecule has 0 radical (unpaired) electrons. The zero-order valence-electron chi connectivity index (χ0n) is 12.7. The van der Waals surface area contributed by atoms with Gasteiger partial charge < -0.3 is 9.73 Å². The third-order valence-electron chi connectivity index (χ3n) is 3.17. The summed E-state index contributed by atoms with van der Waals surface area (Å²) in [6.45, 7) is 1.67. The summed E-state index contributed by atoms with van der Waals surface area (Å²) in [5, 5.41) is 3.05. The smallest absolute Gasteiger partial charge is 0.241 e. The summed E-state index contributed by atoms with van der Waals surface area (Å²) < 4.78 is 30.1. The largest absolute Gasteiger partial charge is 0.467 e. The molecule has 0 spiro atoms. The topological polar surface area (TPSA) is 79.6 Å². The molecule has 0 aliphatic rings. The molecule has 0 fully saturated rings. The predicted molar refractivity (Wildman–Crippen MR) is 88.9 cm³/mol. The fourth-order valence-electron chi connectivity index (χ4n) is 1.92. The van der Waals surface area contributed by atoms with Crippen LogP contribution in [0.3, 0.4) is 0 Å². The van der Waals surface area contributed by atoms with E-state index in [4.69, 9.17) is 16.0 Å². The van der Waals surface area contributed by atoms with Crippen LogP contribution in [0.4, 0.5) is 5.69 Å². The van der Waals surface area contributed by atoms with Crippen LogP contribution in [0.15, 0.2) is 41.0 Å². The van der Waals surface area contributed by atoms with Crippen LogP contribution in [0.5, 0.6) is 0 Å². The molecule has 23 heavy (non-hydrogen) atoms. The van der Waals surface area contributed by atoms with Crippen molar-refractivity contribution in [3.63, 3.8) is 0 Å². The Morgan fingerprint density at radius 3 is 2.65 bits per heavy atom. The Hall–Kier alpha value is -1.99. The highest BCUT2D eigenvalue weighted by Gasteiger charge is 2.21. The maximum Gasteiger partial charge on any atom is 0.241 e. The van der Waals surface area contributed by atoms with Crippen LogP contribution in [0.1, 0.15) is 11.3 Å². The summed E-state index contributed by atoms with van der Waals surface area (Å²) in [5.41, 5.74) is 1.17. The number of rotatable bonds is 6. The van der Waals surface area contributed by atoms with Crippen LogP contribution < -0.4 is 9.62 Å². The van der Waals surface area contributed by atoms with E-state index < -0.39 is 15.9 Å². The van der Waals surface area contributed by atoms with Crippen molar-refractivity contribution in [3.05, 3.63) is 52.9 Å². The fraction of sp³-hybridized carbons (Fsp3) is 0.267. The minimum Gasteiger partial charge on any atom is -0.467 e. The third kappa shape index (κ3) is 4.74. The molecule has 8 heteroatoms. The van der Waals surface area contributed by atoms with Crippen LogP contribution >= 0.6 is 11.6 Å². The van der Waals surface area contributed by atoms with Gasteiger partial charge in [0.25, 0.3) is 0 Å². The number of nitrogens with one attached hydrogen (secondary N) is 1. The molecule has 0 atom stereocenters. The third-order valence-corrected chi connectivity index (χ3v) is 4.72. The molecule has 124 valence electrons. The molecule has 0 aliphatic heterocycles. The molecule has 1 N–H and O–H groups in total. The van der Waals surface area contributed by atoms with Crippen molar-refractivity contribution in [2.75, 3.05) is 17.1 Å². The average Bonchev–Trinajstić information content (AvgIpc) is 2.98. The van der Waals surface area contributed by atoms with Crippen LogP contribution in [-0.2, 0) is 21.4 Å². The van der Waals surface area contributed by atoms with Gasteiger partial charge in [-0.05, 0) is 36.8 Å². The van der Waals surface area contributed by atoms with Crippen molar-refractivity contribution in [1.29, 1.82) is 0 Å². The van der Waals surface area contributed by atoms with E-state index in [-0.39, 0.29) is 13.1 Å². The molecule has 1 aromatic carbocycles. The van der Waals surface area contributed by atoms with Gasteiger partial charge in [0, 0.05) is 5.02 Å². The number of furan rings is 1. The lowest BCUT2D eigenvalue weighted by Crippen LogP contribution is -2.40. The number of halogens is 1. The lowest BCUT2D eigenvalue weighted by molar-refractivity contribution is -0.119. The molecule has 0 bridgehead atoms. The van der Waals surface area contributed by atoms with Gasteiger partial charge >= 0.3 is 0 Å². The van der Waals surface area contributed by atoms with Crippen molar-refractivity contribution >= 4 is 33.2 Å². The molecule has 1 aromatic heterocycles. The van der Waals surface area contributed by atoms with Crippen LogP contribution in [0.25, 0.3) is 0 Å². The van der Waals surface area contributed by atoms with Crippen molar-refractivity contribution in [3.8, 4) is 0 Å². The van der Waals surface area contributed by atoms with Gasteiger partial charge in [0.05, 0.1) is 24.8 Å². The first kappa shape index (κ1) is 17.4. The highest BCUT2D eigenvalue weighted by atomic mass is 35.5. The van der Waals surface area contributed by atoms with Crippen molar-refractivity contribution < 1.29 is 17.6 Å². The lowest BCUT2D eigenvalue weighted by Gasteiger charge is -2.22. The second-order valence-electron chi connectivity index (χ2n) is 5.06. The number of carbonyl (C=O) groups excluding carboxylic acids is 1. The number of anilines is 1. The van der Waals surface area contributed by atoms with E-state index in [1.54, 1.807) is 24.3 Å². The van der Waals surface area contributed by atoms with Gasteiger partial charge in [-0.1, -0.05) is 17.7 Å². The van der Waals surface area contributed by atoms with Gasteiger partial charge in [0.15, 0.2) is 0 Å². The number of carbonyl (C=O) groups is 1. The Labute approximate surface area is 140 Å². The summed E-state index contributed by atoms with van der Waals surface area (Å²) in [6, 6.07) is 8.27. The molecular weight excluding hydrogens is 340 g/mol. The fourth-order valence-corrected chi connectivity index (χ4v) is 2.95. The number of aryl methyl sites for hydroxylation is 1. The molecule has 1 amide bonds. The zero-order chi connectivity index (χ0) is 17.0. The van der Waals surface area contributed by atoms with Gasteiger partial charge in [0.1, 0.15) is 12.3 Å². The van der Waals surface area contributed by atoms with E-state index >= 15 is 0 Å². The molecule has 1 heterocycles. The zero-order valence-corrected chi connectivity index (χ0v) is 14.3. The first-order chi connectivity index (χ1) is 10.8. The van der Waals surface area contributed by atoms with Gasteiger partial charge in [-0.3, -0.25) is 9.10 Å². The second-order valence-corrected chi connectivity index (χ2v) is 7.37. The SMILES string of the molecule is Cc1ccc(N(CC(=O)NCc2ccco2)S(C)(=O)=O)cc1Cl. The highest BCUT2D eigenvalue weighted by molar-refractivity contribution is 7.92. The molecular formula is C15H17ClN2O4S. The van der Waals surface area contributed by atoms with E-state index in [1.165, 1.54) is 12.3 Å². The molecule has 6 nitrogen and oxygen atoms in total. The molecule has 0 saturated heterocycles. The van der Waals surface area contributed by atoms with E-state index in [0.29, 0.717) is 16.5 Å². The maximum absolute atomic E-state index is 12.0. The minimum absolute atomic E-state index is 0.193. The first-order valence-electron chi connectivity index (χ1n) is 6.80. The van der Waals surface area contributed by atoms with Gasteiger partial charge in [-0.15, -0.1) is 0 Å². The Balaban J connectivity index is 2.12. The second kappa shape index (κ2) is 7.06. The maximum atomic E-state index is 12.0. The number of nitrogens with zero attached hydrogens (tertiary/aromatic N) is 1. The minimum atomic E-state index is -3.62. The van der Waals surface area contributed by atoms with E-state index in [1.807, 2.05) is 6.92 Å². The van der Waals surface area contributed by atoms with Crippen LogP contribution in [-0.4, -0.2) is 27.1 Å². The van der Waals surface area contributed by atoms with Crippen molar-refractivity contribution in [1.82, 2.24) is 5.32 Å². The van der Waals surface area contributed by atoms with Crippen LogP contribution in [0.2, 0.25) is 5.02 Å². The highest BCUT2D eigenvalue weighted by Crippen LogP contribution is 2.24. The lowest BCUT2D eigenvalue weighted by atomic mass is 10.2. The number of hydrogen-bond acceptors (Lipinski definition) is 4. The molecule has 0 aliphatic carbocycles. The quantitative estimate of drug-likeness (QED) is 0.861. The van der Waals surface area contributed by atoms with E-state index in [2.05, 4.69) is 5.32 Å². The Bertz CT molecular complexity index is 788. The van der Waals surface area contributed by atoms with Gasteiger partial charge in [0.2, 0.25) is 15.9 Å². The molecule has 0 unspecified atom stereocenters. The summed E-state index contributed by atoms with van der Waals surface area (Å²) in [7, 11) is -3.62. The van der Waals surface area contributed by atoms with E-state index in [9.17, 15) is 13.2 Å². The predicted octanol–water partition coefficient (Wildman–Crippen LogP) is 2.32. The van der Waals surface area contributed by atoms with Crippen LogP contribution in [0, 0.1) is 6.92 Å². The first-order valence-corrected chi connectivity index (χ1v) is 9.03. The normalized spacial score (nSPS) is 11.3.